The van der Waals surface area contributed by atoms with Crippen LogP contribution in [0.1, 0.15) is 61.0 Å². The Labute approximate surface area is 254 Å². The molecule has 0 bridgehead atoms. The minimum Gasteiger partial charge on any atom is -0.486 e. The Morgan fingerprint density at radius 3 is 2.62 bits per heavy atom. The van der Waals surface area contributed by atoms with Crippen molar-refractivity contribution < 1.29 is 18.6 Å². The number of hydrogen-bond donors (Lipinski definition) is 0. The topological polar surface area (TPSA) is 74.5 Å². The quantitative estimate of drug-likeness (QED) is 0.207. The number of morpholine rings is 1. The van der Waals surface area contributed by atoms with E-state index >= 15 is 4.39 Å². The summed E-state index contributed by atoms with van der Waals surface area (Å²) in [6.45, 7) is 6.47. The highest BCUT2D eigenvalue weighted by molar-refractivity contribution is 6.35. The Bertz CT molecular complexity index is 1550. The van der Waals surface area contributed by atoms with E-state index in [0.29, 0.717) is 38.9 Å². The highest BCUT2D eigenvalue weighted by atomic mass is 35.5. The van der Waals surface area contributed by atoms with E-state index in [1.54, 1.807) is 16.9 Å². The van der Waals surface area contributed by atoms with Crippen LogP contribution in [0.2, 0.25) is 10.0 Å². The smallest absolute Gasteiger partial charge is 0.151 e. The molecule has 2 aliphatic rings. The predicted octanol–water partition coefficient (Wildman–Crippen LogP) is 7.27. The van der Waals surface area contributed by atoms with E-state index in [4.69, 9.17) is 42.5 Å². The number of aromatic nitrogens is 4. The van der Waals surface area contributed by atoms with Gasteiger partial charge in [0.25, 0.3) is 0 Å². The summed E-state index contributed by atoms with van der Waals surface area (Å²) in [6, 6.07) is 9.34. The largest absolute Gasteiger partial charge is 0.486 e. The lowest BCUT2D eigenvalue weighted by atomic mass is 10.1. The van der Waals surface area contributed by atoms with Gasteiger partial charge in [-0.2, -0.15) is 5.10 Å². The second-order valence-corrected chi connectivity index (χ2v) is 11.3. The van der Waals surface area contributed by atoms with Gasteiger partial charge in [-0.05, 0) is 62.1 Å². The van der Waals surface area contributed by atoms with Crippen molar-refractivity contribution in [2.45, 2.75) is 45.1 Å². The zero-order valence-electron chi connectivity index (χ0n) is 23.3. The molecule has 0 saturated carbocycles. The second kappa shape index (κ2) is 13.1. The molecule has 42 heavy (non-hydrogen) atoms. The third-order valence-corrected chi connectivity index (χ3v) is 8.17. The maximum Gasteiger partial charge on any atom is 0.151 e. The first-order valence-electron chi connectivity index (χ1n) is 14.2. The molecule has 4 aromatic rings. The lowest BCUT2D eigenvalue weighted by molar-refractivity contribution is -0.0367. The van der Waals surface area contributed by atoms with Gasteiger partial charge in [-0.3, -0.25) is 14.9 Å². The van der Waals surface area contributed by atoms with Crippen molar-refractivity contribution in [1.29, 1.82) is 0 Å². The normalized spacial score (nSPS) is 19.2. The molecule has 5 heterocycles. The fourth-order valence-electron chi connectivity index (χ4n) is 5.40. The summed E-state index contributed by atoms with van der Waals surface area (Å²) in [5, 5.41) is 6.16. The van der Waals surface area contributed by atoms with Crippen LogP contribution in [-0.4, -0.2) is 57.6 Å². The molecule has 2 saturated heterocycles. The van der Waals surface area contributed by atoms with E-state index in [-0.39, 0.29) is 11.9 Å². The number of rotatable bonds is 8. The SMILES string of the molecule is CC(Oc1ccc2c(c1)c(/C(F)=C/c1ccc(CN3CCOCC3)nc1)nn2C1CCCCO1)c1c(Cl)cncc1Cl. The standard InChI is InChI=1S/C31H32Cl2FN5O3/c1-20(30-25(32)17-35-18-26(30)33)42-23-7-8-28-24(15-23)31(37-39(28)29-4-2-3-11-41-29)27(34)14-21-5-6-22(36-16-21)19-38-9-12-40-13-10-38/h5-8,14-18,20,29H,2-4,9-13,19H2,1H3/b27-14-. The van der Waals surface area contributed by atoms with Crippen molar-refractivity contribution in [2.24, 2.45) is 0 Å². The maximum atomic E-state index is 16.0. The first-order valence-corrected chi connectivity index (χ1v) is 14.9. The molecular formula is C31H32Cl2FN5O3. The maximum absolute atomic E-state index is 16.0. The van der Waals surface area contributed by atoms with Gasteiger partial charge in [0.1, 0.15) is 17.5 Å². The molecule has 0 aliphatic carbocycles. The average Bonchev–Trinajstić information content (AvgIpc) is 3.38. The van der Waals surface area contributed by atoms with Gasteiger partial charge in [-0.1, -0.05) is 29.3 Å². The van der Waals surface area contributed by atoms with E-state index in [1.165, 1.54) is 18.5 Å². The Hall–Kier alpha value is -3.08. The minimum atomic E-state index is -0.470. The van der Waals surface area contributed by atoms with Crippen LogP contribution in [0.15, 0.2) is 48.9 Å². The molecule has 8 nitrogen and oxygen atoms in total. The van der Waals surface area contributed by atoms with Crippen LogP contribution in [0.25, 0.3) is 22.8 Å². The van der Waals surface area contributed by atoms with E-state index in [1.807, 2.05) is 31.2 Å². The van der Waals surface area contributed by atoms with Gasteiger partial charge in [0.15, 0.2) is 12.1 Å². The van der Waals surface area contributed by atoms with Gasteiger partial charge in [0.05, 0.1) is 34.5 Å². The van der Waals surface area contributed by atoms with Crippen molar-refractivity contribution in [3.05, 3.63) is 81.5 Å². The summed E-state index contributed by atoms with van der Waals surface area (Å²) in [6.07, 6.45) is 8.32. The molecule has 0 spiro atoms. The van der Waals surface area contributed by atoms with Gasteiger partial charge < -0.3 is 14.2 Å². The van der Waals surface area contributed by atoms with Crippen LogP contribution in [0.4, 0.5) is 4.39 Å². The molecule has 11 heteroatoms. The molecule has 2 fully saturated rings. The fourth-order valence-corrected chi connectivity index (χ4v) is 6.07. The lowest BCUT2D eigenvalue weighted by Crippen LogP contribution is -2.35. The van der Waals surface area contributed by atoms with E-state index < -0.39 is 11.9 Å². The van der Waals surface area contributed by atoms with Gasteiger partial charge in [-0.25, -0.2) is 9.07 Å². The van der Waals surface area contributed by atoms with Gasteiger partial charge in [0, 0.05) is 55.8 Å². The summed E-state index contributed by atoms with van der Waals surface area (Å²) in [7, 11) is 0. The van der Waals surface area contributed by atoms with Gasteiger partial charge >= 0.3 is 0 Å². The monoisotopic (exact) mass is 611 g/mol. The summed E-state index contributed by atoms with van der Waals surface area (Å²) in [5.41, 5.74) is 3.20. The molecule has 220 valence electrons. The van der Waals surface area contributed by atoms with Crippen molar-refractivity contribution >= 4 is 46.0 Å². The summed E-state index contributed by atoms with van der Waals surface area (Å²) in [4.78, 5) is 10.9. The van der Waals surface area contributed by atoms with Crippen LogP contribution in [0.5, 0.6) is 5.75 Å². The number of hydrogen-bond acceptors (Lipinski definition) is 7. The van der Waals surface area contributed by atoms with Crippen molar-refractivity contribution in [1.82, 2.24) is 24.6 Å². The highest BCUT2D eigenvalue weighted by Crippen LogP contribution is 2.37. The van der Waals surface area contributed by atoms with E-state index in [0.717, 1.165) is 63.3 Å². The van der Waals surface area contributed by atoms with E-state index in [2.05, 4.69) is 14.9 Å². The molecule has 1 aromatic carbocycles. The number of halogens is 3. The number of pyridine rings is 2. The molecule has 6 rings (SSSR count). The van der Waals surface area contributed by atoms with Crippen molar-refractivity contribution in [3.63, 3.8) is 0 Å². The number of nitrogens with zero attached hydrogens (tertiary/aromatic N) is 5. The number of ether oxygens (including phenoxy) is 3. The summed E-state index contributed by atoms with van der Waals surface area (Å²) >= 11 is 12.7. The average molecular weight is 613 g/mol. The summed E-state index contributed by atoms with van der Waals surface area (Å²) < 4.78 is 35.4. The second-order valence-electron chi connectivity index (χ2n) is 10.5. The third kappa shape index (κ3) is 6.45. The Morgan fingerprint density at radius 2 is 1.90 bits per heavy atom. The van der Waals surface area contributed by atoms with Gasteiger partial charge in [-0.15, -0.1) is 0 Å². The fraction of sp³-hybridized carbons (Fsp3) is 0.387. The Morgan fingerprint density at radius 1 is 1.10 bits per heavy atom. The van der Waals surface area contributed by atoms with Crippen molar-refractivity contribution in [2.75, 3.05) is 32.9 Å². The number of benzene rings is 1. The first kappa shape index (κ1) is 29.0. The Kier molecular flexibility index (Phi) is 9.02. The molecule has 0 amide bonds. The highest BCUT2D eigenvalue weighted by Gasteiger charge is 2.24. The Balaban J connectivity index is 1.30. The zero-order valence-corrected chi connectivity index (χ0v) is 24.8. The predicted molar refractivity (Wildman–Crippen MR) is 161 cm³/mol. The van der Waals surface area contributed by atoms with Crippen molar-refractivity contribution in [3.8, 4) is 5.75 Å². The molecule has 0 radical (unpaired) electrons. The van der Waals surface area contributed by atoms with Crippen LogP contribution < -0.4 is 4.74 Å². The molecule has 0 N–H and O–H groups in total. The number of fused-ring (bicyclic) bond motifs is 1. The van der Waals surface area contributed by atoms with Crippen LogP contribution in [0.3, 0.4) is 0 Å². The zero-order chi connectivity index (χ0) is 29.1. The summed E-state index contributed by atoms with van der Waals surface area (Å²) in [5.74, 6) is 0.0638. The molecule has 2 aliphatic heterocycles. The minimum absolute atomic E-state index is 0.217. The first-order chi connectivity index (χ1) is 20.5. The molecule has 2 atom stereocenters. The van der Waals surface area contributed by atoms with E-state index in [9.17, 15) is 0 Å². The molecule has 3 aromatic heterocycles. The van der Waals surface area contributed by atoms with Crippen LogP contribution in [0, 0.1) is 0 Å². The van der Waals surface area contributed by atoms with Crippen LogP contribution >= 0.6 is 23.2 Å². The molecular weight excluding hydrogens is 580 g/mol. The van der Waals surface area contributed by atoms with Gasteiger partial charge in [0.2, 0.25) is 0 Å². The lowest BCUT2D eigenvalue weighted by Gasteiger charge is -2.26. The van der Waals surface area contributed by atoms with Crippen LogP contribution in [-0.2, 0) is 16.0 Å². The third-order valence-electron chi connectivity index (χ3n) is 7.57. The molecule has 2 unspecified atom stereocenters.